The molecule has 1 atom stereocenters. The molecule has 0 spiro atoms. The summed E-state index contributed by atoms with van der Waals surface area (Å²) in [5.74, 6) is -0.283. The maximum Gasteiger partial charge on any atom is 0.326 e. The Morgan fingerprint density at radius 2 is 2.00 bits per heavy atom. The molecule has 0 aromatic carbocycles. The Morgan fingerprint density at radius 1 is 1.32 bits per heavy atom. The Morgan fingerprint density at radius 3 is 2.47 bits per heavy atom. The van der Waals surface area contributed by atoms with Crippen LogP contribution in [0, 0.1) is 5.92 Å². The zero-order valence-corrected chi connectivity index (χ0v) is 11.6. The highest BCUT2D eigenvalue weighted by Gasteiger charge is 2.37. The molecule has 0 saturated heterocycles. The number of aliphatic carboxylic acids is 1. The van der Waals surface area contributed by atoms with Gasteiger partial charge < -0.3 is 15.3 Å². The molecule has 5 nitrogen and oxygen atoms in total. The molecule has 2 amide bonds. The highest BCUT2D eigenvalue weighted by atomic mass is 16.4. The van der Waals surface area contributed by atoms with Crippen molar-refractivity contribution >= 4 is 12.0 Å². The van der Waals surface area contributed by atoms with E-state index >= 15 is 0 Å². The second-order valence-electron chi connectivity index (χ2n) is 5.81. The van der Waals surface area contributed by atoms with Crippen molar-refractivity contribution in [2.45, 2.75) is 64.0 Å². The van der Waals surface area contributed by atoms with E-state index < -0.39 is 12.0 Å². The fraction of sp³-hybridized carbons (Fsp3) is 0.857. The monoisotopic (exact) mass is 268 g/mol. The van der Waals surface area contributed by atoms with Crippen LogP contribution in [-0.4, -0.2) is 40.6 Å². The molecule has 108 valence electrons. The van der Waals surface area contributed by atoms with E-state index in [2.05, 4.69) is 5.32 Å². The first kappa shape index (κ1) is 14.2. The molecule has 2 aliphatic carbocycles. The molecule has 5 heteroatoms. The Bertz CT molecular complexity index is 338. The first-order valence-corrected chi connectivity index (χ1v) is 7.41. The van der Waals surface area contributed by atoms with Gasteiger partial charge in [0.25, 0.3) is 0 Å². The molecule has 0 aromatic heterocycles. The molecule has 19 heavy (non-hydrogen) atoms. The normalized spacial score (nSPS) is 19.8. The molecule has 0 aliphatic heterocycles. The fourth-order valence-corrected chi connectivity index (χ4v) is 2.26. The smallest absolute Gasteiger partial charge is 0.326 e. The Kier molecular flexibility index (Phi) is 4.66. The van der Waals surface area contributed by atoms with Gasteiger partial charge in [-0.2, -0.15) is 0 Å². The number of nitrogens with zero attached hydrogens (tertiary/aromatic N) is 1. The minimum Gasteiger partial charge on any atom is -0.480 e. The van der Waals surface area contributed by atoms with Crippen molar-refractivity contribution < 1.29 is 14.7 Å². The molecule has 2 fully saturated rings. The lowest BCUT2D eigenvalue weighted by molar-refractivity contribution is -0.139. The number of hydrogen-bond donors (Lipinski definition) is 2. The summed E-state index contributed by atoms with van der Waals surface area (Å²) >= 11 is 0. The third-order valence-corrected chi connectivity index (χ3v) is 3.84. The van der Waals surface area contributed by atoms with E-state index in [0.29, 0.717) is 18.4 Å². The fourth-order valence-electron chi connectivity index (χ4n) is 2.26. The number of urea groups is 1. The number of amides is 2. The number of unbranched alkanes of at least 4 members (excludes halogenated alkanes) is 1. The first-order chi connectivity index (χ1) is 9.11. The number of rotatable bonds is 8. The molecule has 2 saturated carbocycles. The van der Waals surface area contributed by atoms with Crippen LogP contribution in [0.4, 0.5) is 4.79 Å². The van der Waals surface area contributed by atoms with Crippen molar-refractivity contribution in [1.82, 2.24) is 10.2 Å². The minimum absolute atomic E-state index is 0.182. The molecular weight excluding hydrogens is 244 g/mol. The topological polar surface area (TPSA) is 69.6 Å². The number of carbonyl (C=O) groups is 2. The van der Waals surface area contributed by atoms with Crippen LogP contribution in [-0.2, 0) is 4.79 Å². The number of carboxylic acid groups (broad SMARTS) is 1. The van der Waals surface area contributed by atoms with Gasteiger partial charge in [0.1, 0.15) is 6.04 Å². The van der Waals surface area contributed by atoms with Gasteiger partial charge in [0, 0.05) is 12.6 Å². The van der Waals surface area contributed by atoms with E-state index in [1.807, 2.05) is 11.8 Å². The number of nitrogens with one attached hydrogen (secondary N) is 1. The van der Waals surface area contributed by atoms with Gasteiger partial charge in [0.2, 0.25) is 0 Å². The quantitative estimate of drug-likeness (QED) is 0.709. The van der Waals surface area contributed by atoms with Crippen LogP contribution < -0.4 is 5.32 Å². The highest BCUT2D eigenvalue weighted by molar-refractivity contribution is 5.82. The second kappa shape index (κ2) is 6.26. The maximum absolute atomic E-state index is 12.2. The first-order valence-electron chi connectivity index (χ1n) is 7.41. The van der Waals surface area contributed by atoms with Crippen LogP contribution in [0.3, 0.4) is 0 Å². The van der Waals surface area contributed by atoms with E-state index in [4.69, 9.17) is 5.11 Å². The summed E-state index contributed by atoms with van der Waals surface area (Å²) in [5.41, 5.74) is 0. The second-order valence-corrected chi connectivity index (χ2v) is 5.81. The lowest BCUT2D eigenvalue weighted by Gasteiger charge is -2.25. The van der Waals surface area contributed by atoms with Crippen LogP contribution >= 0.6 is 0 Å². The van der Waals surface area contributed by atoms with Gasteiger partial charge in [-0.05, 0) is 38.0 Å². The van der Waals surface area contributed by atoms with Gasteiger partial charge in [0.05, 0.1) is 0 Å². The van der Waals surface area contributed by atoms with E-state index in [0.717, 1.165) is 32.2 Å². The largest absolute Gasteiger partial charge is 0.480 e. The average molecular weight is 268 g/mol. The van der Waals surface area contributed by atoms with Crippen molar-refractivity contribution in [1.29, 1.82) is 0 Å². The minimum atomic E-state index is -0.927. The average Bonchev–Trinajstić information content (AvgIpc) is 3.24. The predicted octanol–water partition coefficient (Wildman–Crippen LogP) is 2.21. The van der Waals surface area contributed by atoms with Crippen molar-refractivity contribution in [3.8, 4) is 0 Å². The number of carbonyl (C=O) groups excluding carboxylic acids is 1. The van der Waals surface area contributed by atoms with Gasteiger partial charge in [0.15, 0.2) is 0 Å². The highest BCUT2D eigenvalue weighted by Crippen LogP contribution is 2.34. The van der Waals surface area contributed by atoms with Gasteiger partial charge in [-0.1, -0.05) is 19.8 Å². The summed E-state index contributed by atoms with van der Waals surface area (Å²) in [5, 5.41) is 11.8. The Labute approximate surface area is 114 Å². The summed E-state index contributed by atoms with van der Waals surface area (Å²) < 4.78 is 0. The van der Waals surface area contributed by atoms with Crippen molar-refractivity contribution in [2.75, 3.05) is 6.54 Å². The van der Waals surface area contributed by atoms with Crippen molar-refractivity contribution in [3.63, 3.8) is 0 Å². The lowest BCUT2D eigenvalue weighted by Crippen LogP contribution is -2.49. The van der Waals surface area contributed by atoms with Gasteiger partial charge in [-0.3, -0.25) is 0 Å². The van der Waals surface area contributed by atoms with Crippen LogP contribution in [0.1, 0.15) is 51.9 Å². The molecule has 2 N–H and O–H groups in total. The standard InChI is InChI=1S/C14H24N2O3/c1-2-3-4-12(13(17)18)15-14(19)16(11-7-8-11)9-10-5-6-10/h10-12H,2-9H2,1H3,(H,15,19)(H,17,18)/t12-/m0/s1. The van der Waals surface area contributed by atoms with Crippen molar-refractivity contribution in [2.24, 2.45) is 5.92 Å². The molecule has 2 aliphatic rings. The van der Waals surface area contributed by atoms with Gasteiger partial charge in [-0.25, -0.2) is 9.59 Å². The molecule has 0 heterocycles. The molecule has 0 bridgehead atoms. The van der Waals surface area contributed by atoms with Crippen LogP contribution in [0.2, 0.25) is 0 Å². The van der Waals surface area contributed by atoms with E-state index in [-0.39, 0.29) is 6.03 Å². The Hall–Kier alpha value is -1.26. The summed E-state index contributed by atoms with van der Waals surface area (Å²) in [4.78, 5) is 25.2. The van der Waals surface area contributed by atoms with Crippen LogP contribution in [0.5, 0.6) is 0 Å². The summed E-state index contributed by atoms with van der Waals surface area (Å²) in [7, 11) is 0. The van der Waals surface area contributed by atoms with E-state index in [1.54, 1.807) is 0 Å². The van der Waals surface area contributed by atoms with Crippen LogP contribution in [0.15, 0.2) is 0 Å². The summed E-state index contributed by atoms with van der Waals surface area (Å²) in [6.07, 6.45) is 6.81. The van der Waals surface area contributed by atoms with Crippen molar-refractivity contribution in [3.05, 3.63) is 0 Å². The predicted molar refractivity (Wildman–Crippen MR) is 71.9 cm³/mol. The molecule has 0 unspecified atom stereocenters. The molecular formula is C14H24N2O3. The van der Waals surface area contributed by atoms with E-state index in [1.165, 1.54) is 12.8 Å². The lowest BCUT2D eigenvalue weighted by atomic mass is 10.1. The third-order valence-electron chi connectivity index (χ3n) is 3.84. The molecule has 2 rings (SSSR count). The molecule has 0 radical (unpaired) electrons. The van der Waals surface area contributed by atoms with Gasteiger partial charge in [-0.15, -0.1) is 0 Å². The zero-order chi connectivity index (χ0) is 13.8. The Balaban J connectivity index is 1.86. The maximum atomic E-state index is 12.2. The van der Waals surface area contributed by atoms with E-state index in [9.17, 15) is 9.59 Å². The SMILES string of the molecule is CCCC[C@H](NC(=O)N(CC1CC1)C1CC1)C(=O)O. The number of hydrogen-bond acceptors (Lipinski definition) is 2. The third kappa shape index (κ3) is 4.40. The number of carboxylic acids is 1. The summed E-state index contributed by atoms with van der Waals surface area (Å²) in [6, 6.07) is -0.577. The van der Waals surface area contributed by atoms with Crippen LogP contribution in [0.25, 0.3) is 0 Å². The zero-order valence-electron chi connectivity index (χ0n) is 11.6. The van der Waals surface area contributed by atoms with Gasteiger partial charge >= 0.3 is 12.0 Å². The molecule has 0 aromatic rings. The summed E-state index contributed by atoms with van der Waals surface area (Å²) in [6.45, 7) is 2.82.